The molecule has 84 heavy (non-hydrogen) atoms. The molecule has 0 aromatic heterocycles. The molecular weight excluding hydrogens is 1110 g/mol. The van der Waals surface area contributed by atoms with Crippen molar-refractivity contribution in [2.45, 2.75) is 342 Å². The molecule has 2 unspecified atom stereocenters. The third-order valence-corrected chi connectivity index (χ3v) is 16.9. The highest BCUT2D eigenvalue weighted by molar-refractivity contribution is 7.47. The van der Waals surface area contributed by atoms with Crippen molar-refractivity contribution in [3.05, 3.63) is 0 Å². The lowest BCUT2D eigenvalue weighted by Gasteiger charge is -2.21. The molecule has 0 spiro atoms. The largest absolute Gasteiger partial charge is 0.472 e. The summed E-state index contributed by atoms with van der Waals surface area (Å²) in [5, 5.41) is 10.5. The van der Waals surface area contributed by atoms with Crippen LogP contribution in [-0.2, 0) is 65.4 Å². The number of hydrogen-bond acceptors (Lipinski definition) is 15. The molecule has 3 N–H and O–H groups in total. The number of phosphoric acid groups is 2. The summed E-state index contributed by atoms with van der Waals surface area (Å²) < 4.78 is 68.0. The zero-order valence-corrected chi connectivity index (χ0v) is 56.0. The minimum atomic E-state index is -4.95. The lowest BCUT2D eigenvalue weighted by molar-refractivity contribution is -0.161. The highest BCUT2D eigenvalue weighted by Crippen LogP contribution is 2.45. The number of phosphoric ester groups is 2. The smallest absolute Gasteiger partial charge is 0.462 e. The quantitative estimate of drug-likeness (QED) is 0.0222. The fraction of sp³-hybridized carbons (Fsp3) is 0.938. The first-order valence-electron chi connectivity index (χ1n) is 34.0. The summed E-state index contributed by atoms with van der Waals surface area (Å²) in [6.07, 6.45) is 40.4. The third kappa shape index (κ3) is 59.0. The molecule has 19 heteroatoms. The Kier molecular flexibility index (Phi) is 56.2. The van der Waals surface area contributed by atoms with Gasteiger partial charge in [0.05, 0.1) is 26.4 Å². The van der Waals surface area contributed by atoms with E-state index in [1.807, 2.05) is 0 Å². The summed E-state index contributed by atoms with van der Waals surface area (Å²) in [4.78, 5) is 72.2. The molecule has 5 atom stereocenters. The maximum atomic E-state index is 13.0. The fourth-order valence-electron chi connectivity index (χ4n) is 9.71. The molecule has 0 heterocycles. The second-order valence-corrected chi connectivity index (χ2v) is 27.4. The summed E-state index contributed by atoms with van der Waals surface area (Å²) in [6, 6.07) is 0. The van der Waals surface area contributed by atoms with Crippen molar-refractivity contribution in [1.82, 2.24) is 0 Å². The first-order chi connectivity index (χ1) is 40.4. The Hall–Kier alpha value is -1.94. The average Bonchev–Trinajstić information content (AvgIpc) is 3.61. The lowest BCUT2D eigenvalue weighted by atomic mass is 10.0. The Morgan fingerprint density at radius 2 is 0.548 bits per heavy atom. The molecule has 0 aromatic rings. The highest BCUT2D eigenvalue weighted by Gasteiger charge is 2.30. The van der Waals surface area contributed by atoms with Crippen LogP contribution < -0.4 is 0 Å². The van der Waals surface area contributed by atoms with E-state index in [2.05, 4.69) is 41.5 Å². The van der Waals surface area contributed by atoms with Gasteiger partial charge in [0, 0.05) is 25.7 Å². The molecule has 0 aliphatic heterocycles. The number of rotatable bonds is 64. The van der Waals surface area contributed by atoms with Crippen molar-refractivity contribution in [3.8, 4) is 0 Å². The van der Waals surface area contributed by atoms with E-state index in [9.17, 15) is 43.2 Å². The van der Waals surface area contributed by atoms with Crippen molar-refractivity contribution in [2.24, 2.45) is 11.8 Å². The van der Waals surface area contributed by atoms with Crippen molar-refractivity contribution in [1.29, 1.82) is 0 Å². The Bertz CT molecular complexity index is 1650. The molecular formula is C65H126O17P2. The van der Waals surface area contributed by atoms with Gasteiger partial charge in [-0.3, -0.25) is 37.3 Å². The number of aliphatic hydroxyl groups excluding tert-OH is 1. The van der Waals surface area contributed by atoms with Crippen LogP contribution in [0.15, 0.2) is 0 Å². The Morgan fingerprint density at radius 1 is 0.321 bits per heavy atom. The lowest BCUT2D eigenvalue weighted by Crippen LogP contribution is -2.30. The van der Waals surface area contributed by atoms with E-state index in [4.69, 9.17) is 37.0 Å². The number of esters is 4. The Balaban J connectivity index is 5.20. The third-order valence-electron chi connectivity index (χ3n) is 15.0. The minimum absolute atomic E-state index is 0.106. The maximum Gasteiger partial charge on any atom is 0.472 e. The SMILES string of the molecule is CCCCCCCCCCCCC(=O)O[C@H](COC(=O)CCCCCCCCCC)COP(=O)(O)OC[C@H](O)COP(=O)(O)OC[C@@H](COC(=O)CCCCCCCCCC(C)C)OC(=O)CCCCCCCCCCCCCCCC(C)C. The van der Waals surface area contributed by atoms with Crippen molar-refractivity contribution < 1.29 is 80.2 Å². The van der Waals surface area contributed by atoms with Crippen LogP contribution >= 0.6 is 15.6 Å². The summed E-state index contributed by atoms with van der Waals surface area (Å²) in [6.45, 7) is 9.43. The van der Waals surface area contributed by atoms with Gasteiger partial charge in [-0.2, -0.15) is 0 Å². The first kappa shape index (κ1) is 82.1. The number of ether oxygens (including phenoxy) is 4. The van der Waals surface area contributed by atoms with E-state index in [-0.39, 0.29) is 25.7 Å². The second kappa shape index (κ2) is 57.5. The average molecular weight is 1240 g/mol. The van der Waals surface area contributed by atoms with E-state index in [1.54, 1.807) is 0 Å². The van der Waals surface area contributed by atoms with Crippen LogP contribution in [0.3, 0.4) is 0 Å². The summed E-state index contributed by atoms with van der Waals surface area (Å²) >= 11 is 0. The zero-order valence-electron chi connectivity index (χ0n) is 54.2. The van der Waals surface area contributed by atoms with Gasteiger partial charge in [-0.05, 0) is 37.5 Å². The normalized spacial score (nSPS) is 14.3. The van der Waals surface area contributed by atoms with Crippen LogP contribution in [0.2, 0.25) is 0 Å². The molecule has 0 radical (unpaired) electrons. The molecule has 0 saturated carbocycles. The fourth-order valence-corrected chi connectivity index (χ4v) is 11.3. The van der Waals surface area contributed by atoms with Crippen LogP contribution in [0.4, 0.5) is 0 Å². The van der Waals surface area contributed by atoms with Crippen molar-refractivity contribution in [3.63, 3.8) is 0 Å². The Morgan fingerprint density at radius 3 is 0.810 bits per heavy atom. The number of hydrogen-bond donors (Lipinski definition) is 3. The highest BCUT2D eigenvalue weighted by atomic mass is 31.2. The predicted octanol–water partition coefficient (Wildman–Crippen LogP) is 18.0. The van der Waals surface area contributed by atoms with Gasteiger partial charge in [-0.15, -0.1) is 0 Å². The standard InChI is InChI=1S/C65H126O17P2/c1-7-9-11-13-15-17-24-30-37-43-49-64(69)81-60(53-75-62(67)47-41-35-29-16-14-12-10-8-2)55-79-83(71,72)77-51-59(66)52-78-84(73,74)80-56-61(54-76-63(68)48-42-36-32-26-28-34-40-46-58(5)6)82-65(70)50-44-38-31-25-22-20-18-19-21-23-27-33-39-45-57(3)4/h57-61,66H,7-56H2,1-6H3,(H,71,72)(H,73,74)/t59-,60+,61+/m0/s1. The zero-order chi connectivity index (χ0) is 62.2. The van der Waals surface area contributed by atoms with E-state index in [0.29, 0.717) is 31.6 Å². The van der Waals surface area contributed by atoms with Crippen LogP contribution in [0.1, 0.15) is 324 Å². The van der Waals surface area contributed by atoms with Gasteiger partial charge in [-0.1, -0.05) is 273 Å². The molecule has 0 amide bonds. The molecule has 0 aromatic carbocycles. The predicted molar refractivity (Wildman–Crippen MR) is 335 cm³/mol. The van der Waals surface area contributed by atoms with Gasteiger partial charge in [0.1, 0.15) is 19.3 Å². The summed E-state index contributed by atoms with van der Waals surface area (Å²) in [7, 11) is -9.88. The van der Waals surface area contributed by atoms with E-state index >= 15 is 0 Å². The molecule has 0 fully saturated rings. The number of unbranched alkanes of at least 4 members (excludes halogenated alkanes) is 34. The van der Waals surface area contributed by atoms with Gasteiger partial charge in [0.15, 0.2) is 12.2 Å². The van der Waals surface area contributed by atoms with Crippen LogP contribution in [0, 0.1) is 11.8 Å². The van der Waals surface area contributed by atoms with Gasteiger partial charge in [0.2, 0.25) is 0 Å². The van der Waals surface area contributed by atoms with Crippen LogP contribution in [0.25, 0.3) is 0 Å². The topological polar surface area (TPSA) is 237 Å². The summed E-state index contributed by atoms with van der Waals surface area (Å²) in [5.41, 5.74) is 0. The number of carbonyl (C=O) groups excluding carboxylic acids is 4. The van der Waals surface area contributed by atoms with Crippen LogP contribution in [0.5, 0.6) is 0 Å². The van der Waals surface area contributed by atoms with Gasteiger partial charge >= 0.3 is 39.5 Å². The van der Waals surface area contributed by atoms with E-state index < -0.39 is 97.5 Å². The maximum absolute atomic E-state index is 13.0. The Labute approximate surface area is 511 Å². The van der Waals surface area contributed by atoms with Gasteiger partial charge < -0.3 is 33.8 Å². The number of carbonyl (C=O) groups is 4. The van der Waals surface area contributed by atoms with Crippen molar-refractivity contribution in [2.75, 3.05) is 39.6 Å². The van der Waals surface area contributed by atoms with Crippen LogP contribution in [-0.4, -0.2) is 96.7 Å². The summed E-state index contributed by atoms with van der Waals surface area (Å²) in [5.74, 6) is -0.643. The first-order valence-corrected chi connectivity index (χ1v) is 37.0. The second-order valence-electron chi connectivity index (χ2n) is 24.5. The van der Waals surface area contributed by atoms with Gasteiger partial charge in [0.25, 0.3) is 0 Å². The molecule has 498 valence electrons. The molecule has 0 aliphatic rings. The van der Waals surface area contributed by atoms with E-state index in [0.717, 1.165) is 109 Å². The van der Waals surface area contributed by atoms with Gasteiger partial charge in [-0.25, -0.2) is 9.13 Å². The monoisotopic (exact) mass is 1240 g/mol. The molecule has 0 rings (SSSR count). The molecule has 0 aliphatic carbocycles. The molecule has 0 saturated heterocycles. The van der Waals surface area contributed by atoms with E-state index in [1.165, 1.54) is 128 Å². The molecule has 17 nitrogen and oxygen atoms in total. The van der Waals surface area contributed by atoms with Crippen molar-refractivity contribution >= 4 is 39.5 Å². The minimum Gasteiger partial charge on any atom is -0.462 e. The molecule has 0 bridgehead atoms. The number of aliphatic hydroxyl groups is 1.